The summed E-state index contributed by atoms with van der Waals surface area (Å²) in [5.41, 5.74) is 0. The predicted molar refractivity (Wildman–Crippen MR) is 56.0 cm³/mol. The minimum absolute atomic E-state index is 0.0801. The number of ether oxygens (including phenoxy) is 1. The summed E-state index contributed by atoms with van der Waals surface area (Å²) in [5, 5.41) is 5.15. The van der Waals surface area contributed by atoms with E-state index in [1.54, 1.807) is 24.3 Å². The van der Waals surface area contributed by atoms with Gasteiger partial charge in [-0.05, 0) is 18.2 Å². The Bertz CT molecular complexity index is 420. The summed E-state index contributed by atoms with van der Waals surface area (Å²) in [7, 11) is -3.89. The summed E-state index contributed by atoms with van der Waals surface area (Å²) in [6.45, 7) is -0.0535. The van der Waals surface area contributed by atoms with E-state index >= 15 is 0 Å². The normalized spacial score (nSPS) is 11.3. The van der Waals surface area contributed by atoms with Crippen molar-refractivity contribution in [3.8, 4) is 5.75 Å². The van der Waals surface area contributed by atoms with Crippen molar-refractivity contribution >= 4 is 21.9 Å². The standard InChI is InChI=1S/C8H10ClNO4S/c9-7-2-1-3-8(6-7)13-4-5-14-15(10,11)12/h1-3,6H,4-5H2,(H2,10,11,12). The molecule has 15 heavy (non-hydrogen) atoms. The monoisotopic (exact) mass is 251 g/mol. The van der Waals surface area contributed by atoms with E-state index in [1.165, 1.54) is 0 Å². The Kier molecular flexibility index (Phi) is 4.34. The summed E-state index contributed by atoms with van der Waals surface area (Å²) < 4.78 is 30.2. The molecule has 0 unspecified atom stereocenters. The Morgan fingerprint density at radius 2 is 2.07 bits per heavy atom. The minimum Gasteiger partial charge on any atom is -0.491 e. The lowest BCUT2D eigenvalue weighted by atomic mass is 10.3. The van der Waals surface area contributed by atoms with Gasteiger partial charge < -0.3 is 4.74 Å². The van der Waals surface area contributed by atoms with Crippen molar-refractivity contribution < 1.29 is 17.3 Å². The lowest BCUT2D eigenvalue weighted by Gasteiger charge is -2.05. The Hall–Kier alpha value is -0.820. The van der Waals surface area contributed by atoms with Crippen molar-refractivity contribution in [2.24, 2.45) is 5.14 Å². The van der Waals surface area contributed by atoms with Crippen LogP contribution in [0.3, 0.4) is 0 Å². The first-order valence-corrected chi connectivity index (χ1v) is 5.88. The second-order valence-electron chi connectivity index (χ2n) is 2.62. The van der Waals surface area contributed by atoms with Crippen molar-refractivity contribution in [2.45, 2.75) is 0 Å². The van der Waals surface area contributed by atoms with Crippen LogP contribution in [0.15, 0.2) is 24.3 Å². The van der Waals surface area contributed by atoms with Crippen LogP contribution < -0.4 is 9.88 Å². The zero-order valence-electron chi connectivity index (χ0n) is 7.72. The van der Waals surface area contributed by atoms with E-state index in [-0.39, 0.29) is 13.2 Å². The molecule has 7 heteroatoms. The van der Waals surface area contributed by atoms with E-state index in [2.05, 4.69) is 9.32 Å². The molecule has 1 rings (SSSR count). The Balaban J connectivity index is 2.32. The maximum Gasteiger partial charge on any atom is 0.333 e. The highest BCUT2D eigenvalue weighted by Crippen LogP contribution is 2.16. The van der Waals surface area contributed by atoms with Gasteiger partial charge in [-0.2, -0.15) is 8.42 Å². The van der Waals surface area contributed by atoms with E-state index in [9.17, 15) is 8.42 Å². The number of hydrogen-bond acceptors (Lipinski definition) is 4. The number of hydrogen-bond donors (Lipinski definition) is 1. The Morgan fingerprint density at radius 1 is 1.33 bits per heavy atom. The molecule has 0 spiro atoms. The van der Waals surface area contributed by atoms with Crippen LogP contribution in [-0.4, -0.2) is 21.6 Å². The summed E-state index contributed by atoms with van der Waals surface area (Å²) in [5.74, 6) is 0.542. The maximum absolute atomic E-state index is 10.4. The molecule has 5 nitrogen and oxygen atoms in total. The van der Waals surface area contributed by atoms with E-state index in [4.69, 9.17) is 16.3 Å². The molecule has 0 amide bonds. The van der Waals surface area contributed by atoms with Gasteiger partial charge in [0.15, 0.2) is 0 Å². The van der Waals surface area contributed by atoms with Crippen molar-refractivity contribution in [1.29, 1.82) is 0 Å². The zero-order valence-corrected chi connectivity index (χ0v) is 9.29. The van der Waals surface area contributed by atoms with E-state index in [0.29, 0.717) is 10.8 Å². The fourth-order valence-corrected chi connectivity index (χ4v) is 1.35. The average molecular weight is 252 g/mol. The molecule has 0 saturated heterocycles. The molecule has 2 N–H and O–H groups in total. The van der Waals surface area contributed by atoms with Crippen LogP contribution in [0.25, 0.3) is 0 Å². The molecule has 0 bridgehead atoms. The van der Waals surface area contributed by atoms with Gasteiger partial charge in [0.25, 0.3) is 0 Å². The van der Waals surface area contributed by atoms with Gasteiger partial charge in [-0.15, -0.1) is 0 Å². The summed E-state index contributed by atoms with van der Waals surface area (Å²) in [6, 6.07) is 6.73. The lowest BCUT2D eigenvalue weighted by molar-refractivity contribution is 0.221. The van der Waals surface area contributed by atoms with Gasteiger partial charge in [0.05, 0.1) is 0 Å². The van der Waals surface area contributed by atoms with E-state index < -0.39 is 10.3 Å². The molecule has 0 saturated carbocycles. The van der Waals surface area contributed by atoms with Gasteiger partial charge in [0.2, 0.25) is 0 Å². The molecule has 1 aromatic rings. The summed E-state index contributed by atoms with van der Waals surface area (Å²) in [6.07, 6.45) is 0. The quantitative estimate of drug-likeness (QED) is 0.790. The van der Waals surface area contributed by atoms with Crippen molar-refractivity contribution in [3.05, 3.63) is 29.3 Å². The van der Waals surface area contributed by atoms with Crippen LogP contribution in [0.1, 0.15) is 0 Å². The fourth-order valence-electron chi connectivity index (χ4n) is 0.866. The number of benzene rings is 1. The van der Waals surface area contributed by atoms with Gasteiger partial charge in [-0.1, -0.05) is 17.7 Å². The first-order chi connectivity index (χ1) is 6.97. The molecule has 84 valence electrons. The van der Waals surface area contributed by atoms with Gasteiger partial charge in [0, 0.05) is 5.02 Å². The first-order valence-electron chi connectivity index (χ1n) is 4.03. The van der Waals surface area contributed by atoms with Gasteiger partial charge >= 0.3 is 10.3 Å². The third-order valence-electron chi connectivity index (χ3n) is 1.40. The molecule has 0 aliphatic rings. The Labute approximate surface area is 93.0 Å². The first kappa shape index (κ1) is 12.3. The molecule has 0 aromatic heterocycles. The number of halogens is 1. The smallest absolute Gasteiger partial charge is 0.333 e. The third kappa shape index (κ3) is 5.58. The van der Waals surface area contributed by atoms with Crippen molar-refractivity contribution in [2.75, 3.05) is 13.2 Å². The number of rotatable bonds is 5. The van der Waals surface area contributed by atoms with Crippen molar-refractivity contribution in [3.63, 3.8) is 0 Å². The van der Waals surface area contributed by atoms with Crippen LogP contribution in [0, 0.1) is 0 Å². The molecular weight excluding hydrogens is 242 g/mol. The molecule has 0 fully saturated rings. The molecule has 0 heterocycles. The molecule has 0 aliphatic heterocycles. The highest BCUT2D eigenvalue weighted by Gasteiger charge is 2.01. The summed E-state index contributed by atoms with van der Waals surface area (Å²) >= 11 is 5.70. The molecule has 0 atom stereocenters. The SMILES string of the molecule is NS(=O)(=O)OCCOc1cccc(Cl)c1. The fraction of sp³-hybridized carbons (Fsp3) is 0.250. The van der Waals surface area contributed by atoms with Gasteiger partial charge in [-0.25, -0.2) is 5.14 Å². The van der Waals surface area contributed by atoms with Crippen LogP contribution >= 0.6 is 11.6 Å². The third-order valence-corrected chi connectivity index (χ3v) is 2.13. The zero-order chi connectivity index (χ0) is 11.3. The van der Waals surface area contributed by atoms with Crippen LogP contribution in [0.2, 0.25) is 5.02 Å². The van der Waals surface area contributed by atoms with Crippen LogP contribution in [0.4, 0.5) is 0 Å². The minimum atomic E-state index is -3.89. The lowest BCUT2D eigenvalue weighted by Crippen LogP contribution is -2.19. The average Bonchev–Trinajstić information content (AvgIpc) is 2.11. The van der Waals surface area contributed by atoms with Crippen LogP contribution in [0.5, 0.6) is 5.75 Å². The van der Waals surface area contributed by atoms with E-state index in [0.717, 1.165) is 0 Å². The molecule has 0 radical (unpaired) electrons. The number of nitrogens with two attached hydrogens (primary N) is 1. The van der Waals surface area contributed by atoms with Gasteiger partial charge in [-0.3, -0.25) is 4.18 Å². The Morgan fingerprint density at radius 3 is 2.67 bits per heavy atom. The topological polar surface area (TPSA) is 78.6 Å². The molecule has 1 aromatic carbocycles. The maximum atomic E-state index is 10.4. The van der Waals surface area contributed by atoms with Crippen molar-refractivity contribution in [1.82, 2.24) is 0 Å². The van der Waals surface area contributed by atoms with Crippen LogP contribution in [-0.2, 0) is 14.5 Å². The molecule has 0 aliphatic carbocycles. The predicted octanol–water partition coefficient (Wildman–Crippen LogP) is 0.939. The second kappa shape index (κ2) is 5.32. The highest BCUT2D eigenvalue weighted by molar-refractivity contribution is 7.84. The highest BCUT2D eigenvalue weighted by atomic mass is 35.5. The summed E-state index contributed by atoms with van der Waals surface area (Å²) in [4.78, 5) is 0. The largest absolute Gasteiger partial charge is 0.491 e. The van der Waals surface area contributed by atoms with Gasteiger partial charge in [0.1, 0.15) is 19.0 Å². The van der Waals surface area contributed by atoms with E-state index in [1.807, 2.05) is 0 Å². The second-order valence-corrected chi connectivity index (χ2v) is 4.28. The molecular formula is C8H10ClNO4S.